The van der Waals surface area contributed by atoms with Crippen LogP contribution in [0.15, 0.2) is 61.2 Å². The van der Waals surface area contributed by atoms with Crippen molar-refractivity contribution < 1.29 is 9.18 Å². The summed E-state index contributed by atoms with van der Waals surface area (Å²) in [6.07, 6.45) is 6.75. The summed E-state index contributed by atoms with van der Waals surface area (Å²) >= 11 is 0. The van der Waals surface area contributed by atoms with Crippen molar-refractivity contribution in [1.82, 2.24) is 34.7 Å². The lowest BCUT2D eigenvalue weighted by Crippen LogP contribution is -2.41. The van der Waals surface area contributed by atoms with Crippen LogP contribution in [0, 0.1) is 12.7 Å². The summed E-state index contributed by atoms with van der Waals surface area (Å²) in [7, 11) is 0. The first kappa shape index (κ1) is 21.4. The van der Waals surface area contributed by atoms with Gasteiger partial charge in [-0.15, -0.1) is 4.80 Å². The van der Waals surface area contributed by atoms with Crippen LogP contribution in [0.4, 0.5) is 4.39 Å². The monoisotopic (exact) mass is 433 g/mol. The Morgan fingerprint density at radius 2 is 1.78 bits per heavy atom. The van der Waals surface area contributed by atoms with Crippen molar-refractivity contribution in [3.8, 4) is 16.8 Å². The van der Waals surface area contributed by atoms with Crippen LogP contribution in [-0.4, -0.2) is 53.2 Å². The molecule has 0 aliphatic rings. The number of halogens is 1. The van der Waals surface area contributed by atoms with Gasteiger partial charge in [0.1, 0.15) is 11.5 Å². The van der Waals surface area contributed by atoms with Gasteiger partial charge < -0.3 is 4.90 Å². The Morgan fingerprint density at radius 3 is 2.47 bits per heavy atom. The fourth-order valence-corrected chi connectivity index (χ4v) is 3.62. The lowest BCUT2D eigenvalue weighted by atomic mass is 10.1. The number of carbonyl (C=O) groups excluding carboxylic acids is 1. The Hall–Kier alpha value is -3.88. The van der Waals surface area contributed by atoms with Crippen LogP contribution in [0.25, 0.3) is 16.8 Å². The fraction of sp³-hybridized carbons (Fsp3) is 0.261. The summed E-state index contributed by atoms with van der Waals surface area (Å²) in [5.41, 5.74) is 3.35. The Balaban J connectivity index is 1.55. The van der Waals surface area contributed by atoms with Gasteiger partial charge in [0.05, 0.1) is 25.1 Å². The molecule has 3 aromatic heterocycles. The lowest BCUT2D eigenvalue weighted by molar-refractivity contribution is 0.0678. The van der Waals surface area contributed by atoms with Crippen LogP contribution in [-0.2, 0) is 6.54 Å². The zero-order chi connectivity index (χ0) is 22.7. The third kappa shape index (κ3) is 4.41. The molecule has 1 atom stereocenters. The summed E-state index contributed by atoms with van der Waals surface area (Å²) in [6, 6.07) is 9.77. The van der Waals surface area contributed by atoms with E-state index in [0.29, 0.717) is 24.5 Å². The molecule has 8 nitrogen and oxygen atoms in total. The van der Waals surface area contributed by atoms with Crippen molar-refractivity contribution in [3.05, 3.63) is 78.4 Å². The van der Waals surface area contributed by atoms with Crippen molar-refractivity contribution in [2.24, 2.45) is 0 Å². The summed E-state index contributed by atoms with van der Waals surface area (Å²) in [5.74, 6) is -0.469. The van der Waals surface area contributed by atoms with E-state index in [2.05, 4.69) is 20.3 Å². The molecule has 0 aliphatic heterocycles. The molecule has 3 heterocycles. The summed E-state index contributed by atoms with van der Waals surface area (Å²) in [4.78, 5) is 21.1. The molecule has 9 heteroatoms. The molecule has 4 aromatic rings. The maximum atomic E-state index is 13.5. The van der Waals surface area contributed by atoms with E-state index >= 15 is 0 Å². The van der Waals surface area contributed by atoms with Gasteiger partial charge in [0.25, 0.3) is 5.91 Å². The van der Waals surface area contributed by atoms with Crippen LogP contribution < -0.4 is 0 Å². The number of likely N-dealkylation sites (N-methyl/N-ethyl adjacent to an activating group) is 1. The van der Waals surface area contributed by atoms with Gasteiger partial charge in [0, 0.05) is 30.0 Å². The third-order valence-electron chi connectivity index (χ3n) is 5.25. The van der Waals surface area contributed by atoms with E-state index in [1.165, 1.54) is 16.9 Å². The first-order chi connectivity index (χ1) is 15.5. The molecule has 1 amide bonds. The summed E-state index contributed by atoms with van der Waals surface area (Å²) < 4.78 is 15.0. The predicted octanol–water partition coefficient (Wildman–Crippen LogP) is 3.52. The minimum atomic E-state index is -0.277. The highest BCUT2D eigenvalue weighted by Gasteiger charge is 2.25. The standard InChI is InChI=1S/C23H24FN7O/c1-4-30(23(32)22-21(10-5-16(2)28-22)31-25-11-12-26-31)17(3)14-29-15-19(13-27-29)18-6-8-20(24)9-7-18/h5-13,15,17H,4,14H2,1-3H3/t17-/m0/s1. The number of aromatic nitrogens is 6. The molecule has 0 spiro atoms. The van der Waals surface area contributed by atoms with E-state index in [1.807, 2.05) is 33.0 Å². The Labute approximate surface area is 185 Å². The number of benzene rings is 1. The smallest absolute Gasteiger partial charge is 0.275 e. The number of carbonyl (C=O) groups is 1. The van der Waals surface area contributed by atoms with Crippen LogP contribution in [0.3, 0.4) is 0 Å². The van der Waals surface area contributed by atoms with Gasteiger partial charge in [-0.25, -0.2) is 9.37 Å². The zero-order valence-corrected chi connectivity index (χ0v) is 18.2. The number of hydrogen-bond acceptors (Lipinski definition) is 5. The summed E-state index contributed by atoms with van der Waals surface area (Å²) in [5, 5.41) is 12.7. The van der Waals surface area contributed by atoms with Crippen molar-refractivity contribution >= 4 is 5.91 Å². The number of pyridine rings is 1. The molecule has 164 valence electrons. The van der Waals surface area contributed by atoms with Crippen LogP contribution in [0.5, 0.6) is 0 Å². The topological polar surface area (TPSA) is 81.7 Å². The fourth-order valence-electron chi connectivity index (χ4n) is 3.62. The average molecular weight is 433 g/mol. The van der Waals surface area contributed by atoms with E-state index in [4.69, 9.17) is 0 Å². The Kier molecular flexibility index (Phi) is 6.07. The average Bonchev–Trinajstić information content (AvgIpc) is 3.47. The van der Waals surface area contributed by atoms with Crippen molar-refractivity contribution in [1.29, 1.82) is 0 Å². The van der Waals surface area contributed by atoms with Gasteiger partial charge >= 0.3 is 0 Å². The minimum Gasteiger partial charge on any atom is -0.333 e. The number of rotatable bonds is 7. The number of nitrogens with zero attached hydrogens (tertiary/aromatic N) is 7. The van der Waals surface area contributed by atoms with E-state index < -0.39 is 0 Å². The van der Waals surface area contributed by atoms with Crippen LogP contribution >= 0.6 is 0 Å². The molecule has 0 N–H and O–H groups in total. The number of aryl methyl sites for hydroxylation is 1. The Bertz CT molecular complexity index is 1200. The third-order valence-corrected chi connectivity index (χ3v) is 5.25. The van der Waals surface area contributed by atoms with Gasteiger partial charge in [-0.2, -0.15) is 15.3 Å². The zero-order valence-electron chi connectivity index (χ0n) is 18.2. The second kappa shape index (κ2) is 9.09. The second-order valence-electron chi connectivity index (χ2n) is 7.54. The molecule has 1 aromatic carbocycles. The van der Waals surface area contributed by atoms with Crippen molar-refractivity contribution in [3.63, 3.8) is 0 Å². The van der Waals surface area contributed by atoms with E-state index in [0.717, 1.165) is 16.8 Å². The van der Waals surface area contributed by atoms with Gasteiger partial charge in [0.2, 0.25) is 0 Å². The summed E-state index contributed by atoms with van der Waals surface area (Å²) in [6.45, 7) is 6.76. The van der Waals surface area contributed by atoms with Gasteiger partial charge in [-0.05, 0) is 50.6 Å². The highest BCUT2D eigenvalue weighted by atomic mass is 19.1. The molecule has 0 bridgehead atoms. The highest BCUT2D eigenvalue weighted by molar-refractivity contribution is 5.96. The molecule has 32 heavy (non-hydrogen) atoms. The first-order valence-corrected chi connectivity index (χ1v) is 10.4. The normalized spacial score (nSPS) is 12.0. The number of amides is 1. The molecule has 4 rings (SSSR count). The molecule has 0 fully saturated rings. The van der Waals surface area contributed by atoms with Gasteiger partial charge in [-0.1, -0.05) is 12.1 Å². The molecule has 0 radical (unpaired) electrons. The second-order valence-corrected chi connectivity index (χ2v) is 7.54. The molecular weight excluding hydrogens is 409 g/mol. The maximum Gasteiger partial charge on any atom is 0.275 e. The van der Waals surface area contributed by atoms with Crippen LogP contribution in [0.2, 0.25) is 0 Å². The quantitative estimate of drug-likeness (QED) is 0.445. The molecule has 0 unspecified atom stereocenters. The molecule has 0 saturated heterocycles. The minimum absolute atomic E-state index is 0.144. The van der Waals surface area contributed by atoms with E-state index in [9.17, 15) is 9.18 Å². The Morgan fingerprint density at radius 1 is 1.06 bits per heavy atom. The van der Waals surface area contributed by atoms with Crippen molar-refractivity contribution in [2.45, 2.75) is 33.4 Å². The van der Waals surface area contributed by atoms with Crippen molar-refractivity contribution in [2.75, 3.05) is 6.54 Å². The molecule has 0 saturated carbocycles. The molecular formula is C23H24FN7O. The maximum absolute atomic E-state index is 13.5. The largest absolute Gasteiger partial charge is 0.333 e. The first-order valence-electron chi connectivity index (χ1n) is 10.4. The van der Waals surface area contributed by atoms with Gasteiger partial charge in [-0.3, -0.25) is 9.48 Å². The molecule has 0 aliphatic carbocycles. The van der Waals surface area contributed by atoms with E-state index in [1.54, 1.807) is 46.4 Å². The van der Waals surface area contributed by atoms with Crippen LogP contribution in [0.1, 0.15) is 30.0 Å². The number of hydrogen-bond donors (Lipinski definition) is 0. The van der Waals surface area contributed by atoms with E-state index in [-0.39, 0.29) is 17.8 Å². The van der Waals surface area contributed by atoms with Gasteiger partial charge in [0.15, 0.2) is 5.69 Å². The lowest BCUT2D eigenvalue weighted by Gasteiger charge is -2.28. The predicted molar refractivity (Wildman–Crippen MR) is 118 cm³/mol. The SMILES string of the molecule is CCN(C(=O)c1nc(C)ccc1-n1nccn1)[C@@H](C)Cn1cc(-c2ccc(F)cc2)cn1. The highest BCUT2D eigenvalue weighted by Crippen LogP contribution is 2.20.